The van der Waals surface area contributed by atoms with Crippen LogP contribution in [-0.2, 0) is 27.2 Å². The molecular formula is C24H32O5. The Hall–Kier alpha value is -2.17. The summed E-state index contributed by atoms with van der Waals surface area (Å²) in [5, 5.41) is 0. The highest BCUT2D eigenvalue weighted by Gasteiger charge is 2.45. The lowest BCUT2D eigenvalue weighted by molar-refractivity contribution is -0.134. The van der Waals surface area contributed by atoms with E-state index in [4.69, 9.17) is 9.47 Å². The number of ether oxygens (including phenoxy) is 2. The summed E-state index contributed by atoms with van der Waals surface area (Å²) < 4.78 is 11.2. The first-order valence-electron chi connectivity index (χ1n) is 10.6. The molecule has 1 aromatic carbocycles. The fourth-order valence-electron chi connectivity index (χ4n) is 5.09. The van der Waals surface area contributed by atoms with E-state index < -0.39 is 11.9 Å². The standard InChI is InChI=1S/C24H32O5/c1-13(2)17-11-16-7-8-20-19(21(27)9-10-24(20,5)6)12-18(16)23(29-15(4)26)22(17)28-14(3)25/h11,13,19-20H,7-10,12H2,1-6H3/t19-,20-/m1/s1. The van der Waals surface area contributed by atoms with Crippen molar-refractivity contribution < 1.29 is 23.9 Å². The molecule has 3 rings (SSSR count). The predicted molar refractivity (Wildman–Crippen MR) is 110 cm³/mol. The highest BCUT2D eigenvalue weighted by molar-refractivity contribution is 5.83. The average Bonchev–Trinajstić information content (AvgIpc) is 2.80. The van der Waals surface area contributed by atoms with Crippen LogP contribution in [0, 0.1) is 17.3 Å². The molecule has 0 heterocycles. The maximum Gasteiger partial charge on any atom is 0.308 e. The molecule has 29 heavy (non-hydrogen) atoms. The van der Waals surface area contributed by atoms with E-state index in [0.29, 0.717) is 30.3 Å². The second kappa shape index (κ2) is 7.92. The Morgan fingerprint density at radius 1 is 1.07 bits per heavy atom. The number of benzene rings is 1. The predicted octanol–water partition coefficient (Wildman–Crippen LogP) is 4.77. The van der Waals surface area contributed by atoms with Gasteiger partial charge in [0, 0.05) is 37.3 Å². The molecule has 0 radical (unpaired) electrons. The highest BCUT2D eigenvalue weighted by atomic mass is 16.6. The molecule has 1 saturated carbocycles. The maximum absolute atomic E-state index is 12.9. The first-order chi connectivity index (χ1) is 13.5. The molecule has 5 nitrogen and oxygen atoms in total. The second-order valence-electron chi connectivity index (χ2n) is 9.51. The van der Waals surface area contributed by atoms with Crippen LogP contribution in [0.1, 0.15) is 83.4 Å². The molecule has 2 atom stereocenters. The van der Waals surface area contributed by atoms with E-state index in [2.05, 4.69) is 19.9 Å². The quantitative estimate of drug-likeness (QED) is 0.540. The van der Waals surface area contributed by atoms with Crippen LogP contribution in [0.3, 0.4) is 0 Å². The van der Waals surface area contributed by atoms with Crippen LogP contribution in [0.4, 0.5) is 0 Å². The van der Waals surface area contributed by atoms with Crippen LogP contribution in [0.2, 0.25) is 0 Å². The minimum Gasteiger partial charge on any atom is -0.422 e. The van der Waals surface area contributed by atoms with Gasteiger partial charge in [-0.05, 0) is 48.5 Å². The molecule has 0 N–H and O–H groups in total. The summed E-state index contributed by atoms with van der Waals surface area (Å²) >= 11 is 0. The van der Waals surface area contributed by atoms with Gasteiger partial charge in [-0.15, -0.1) is 0 Å². The maximum atomic E-state index is 12.9. The first-order valence-corrected chi connectivity index (χ1v) is 10.6. The molecule has 0 bridgehead atoms. The smallest absolute Gasteiger partial charge is 0.308 e. The van der Waals surface area contributed by atoms with Gasteiger partial charge in [0.1, 0.15) is 5.78 Å². The van der Waals surface area contributed by atoms with Gasteiger partial charge >= 0.3 is 11.9 Å². The van der Waals surface area contributed by atoms with E-state index in [9.17, 15) is 14.4 Å². The van der Waals surface area contributed by atoms with Crippen molar-refractivity contribution in [1.82, 2.24) is 0 Å². The molecule has 2 aliphatic carbocycles. The third-order valence-electron chi connectivity index (χ3n) is 6.64. The number of ketones is 1. The molecule has 0 unspecified atom stereocenters. The van der Waals surface area contributed by atoms with Crippen molar-refractivity contribution in [3.05, 3.63) is 22.8 Å². The number of esters is 2. The van der Waals surface area contributed by atoms with Crippen LogP contribution in [-0.4, -0.2) is 17.7 Å². The summed E-state index contributed by atoms with van der Waals surface area (Å²) in [5.74, 6) is 0.309. The van der Waals surface area contributed by atoms with E-state index in [1.165, 1.54) is 13.8 Å². The Balaban J connectivity index is 2.20. The molecule has 0 saturated heterocycles. The van der Waals surface area contributed by atoms with E-state index in [1.54, 1.807) is 0 Å². The zero-order valence-electron chi connectivity index (χ0n) is 18.4. The van der Waals surface area contributed by atoms with Crippen LogP contribution in [0.5, 0.6) is 11.5 Å². The van der Waals surface area contributed by atoms with E-state index in [1.807, 2.05) is 13.8 Å². The SMILES string of the molecule is CC(=O)Oc1c(C(C)C)cc2c(c1OC(C)=O)C[C@H]1C(=O)CCC(C)(C)[C@@H]1CC2. The van der Waals surface area contributed by atoms with E-state index >= 15 is 0 Å². The molecule has 5 heteroatoms. The topological polar surface area (TPSA) is 69.7 Å². The lowest BCUT2D eigenvalue weighted by Gasteiger charge is -2.42. The number of carbonyl (C=O) groups excluding carboxylic acids is 3. The lowest BCUT2D eigenvalue weighted by Crippen LogP contribution is -2.40. The molecule has 1 fully saturated rings. The number of carbonyl (C=O) groups is 3. The summed E-state index contributed by atoms with van der Waals surface area (Å²) in [6.07, 6.45) is 3.78. The summed E-state index contributed by atoms with van der Waals surface area (Å²) in [4.78, 5) is 36.6. The largest absolute Gasteiger partial charge is 0.422 e. The van der Waals surface area contributed by atoms with Gasteiger partial charge in [0.2, 0.25) is 0 Å². The molecule has 2 aliphatic rings. The molecule has 0 aliphatic heterocycles. The molecule has 0 amide bonds. The Kier molecular flexibility index (Phi) is 5.88. The van der Waals surface area contributed by atoms with Crippen molar-refractivity contribution in [2.75, 3.05) is 0 Å². The normalized spacial score (nSPS) is 23.1. The van der Waals surface area contributed by atoms with Crippen molar-refractivity contribution in [3.63, 3.8) is 0 Å². The van der Waals surface area contributed by atoms with E-state index in [0.717, 1.165) is 36.0 Å². The molecule has 158 valence electrons. The van der Waals surface area contributed by atoms with Crippen LogP contribution in [0.25, 0.3) is 0 Å². The number of hydrogen-bond donors (Lipinski definition) is 0. The van der Waals surface area contributed by atoms with Crippen molar-refractivity contribution >= 4 is 17.7 Å². The number of Topliss-reactive ketones (excluding diaryl/α,β-unsaturated/α-hetero) is 1. The van der Waals surface area contributed by atoms with Crippen LogP contribution >= 0.6 is 0 Å². The zero-order valence-corrected chi connectivity index (χ0v) is 18.4. The lowest BCUT2D eigenvalue weighted by atomic mass is 9.61. The Morgan fingerprint density at radius 3 is 2.28 bits per heavy atom. The highest BCUT2D eigenvalue weighted by Crippen LogP contribution is 2.51. The number of aryl methyl sites for hydroxylation is 1. The third kappa shape index (κ3) is 4.24. The Bertz CT molecular complexity index is 849. The number of fused-ring (bicyclic) bond motifs is 2. The van der Waals surface area contributed by atoms with Gasteiger partial charge < -0.3 is 9.47 Å². The summed E-state index contributed by atoms with van der Waals surface area (Å²) in [6.45, 7) is 11.2. The fraction of sp³-hybridized carbons (Fsp3) is 0.625. The van der Waals surface area contributed by atoms with Crippen LogP contribution < -0.4 is 9.47 Å². The minimum atomic E-state index is -0.461. The van der Waals surface area contributed by atoms with Gasteiger partial charge in [0.05, 0.1) is 0 Å². The van der Waals surface area contributed by atoms with Gasteiger partial charge in [-0.3, -0.25) is 14.4 Å². The molecule has 0 spiro atoms. The Morgan fingerprint density at radius 2 is 1.69 bits per heavy atom. The van der Waals surface area contributed by atoms with Crippen LogP contribution in [0.15, 0.2) is 6.07 Å². The minimum absolute atomic E-state index is 0.0903. The first kappa shape index (κ1) is 21.5. The summed E-state index contributed by atoms with van der Waals surface area (Å²) in [5.41, 5.74) is 2.89. The summed E-state index contributed by atoms with van der Waals surface area (Å²) in [6, 6.07) is 2.08. The van der Waals surface area contributed by atoms with E-state index in [-0.39, 0.29) is 23.0 Å². The van der Waals surface area contributed by atoms with Gasteiger partial charge in [-0.1, -0.05) is 33.8 Å². The Labute approximate surface area is 173 Å². The number of rotatable bonds is 3. The van der Waals surface area contributed by atoms with Gasteiger partial charge in [-0.25, -0.2) is 0 Å². The van der Waals surface area contributed by atoms with Crippen molar-refractivity contribution in [2.24, 2.45) is 17.3 Å². The monoisotopic (exact) mass is 400 g/mol. The summed E-state index contributed by atoms with van der Waals surface area (Å²) in [7, 11) is 0. The van der Waals surface area contributed by atoms with Gasteiger partial charge in [0.25, 0.3) is 0 Å². The zero-order chi connectivity index (χ0) is 21.5. The average molecular weight is 401 g/mol. The second-order valence-corrected chi connectivity index (χ2v) is 9.51. The van der Waals surface area contributed by atoms with Crippen molar-refractivity contribution in [2.45, 2.75) is 79.6 Å². The van der Waals surface area contributed by atoms with Gasteiger partial charge in [-0.2, -0.15) is 0 Å². The molecular weight excluding hydrogens is 368 g/mol. The van der Waals surface area contributed by atoms with Crippen molar-refractivity contribution in [3.8, 4) is 11.5 Å². The van der Waals surface area contributed by atoms with Crippen molar-refractivity contribution in [1.29, 1.82) is 0 Å². The molecule has 1 aromatic rings. The third-order valence-corrected chi connectivity index (χ3v) is 6.64. The fourth-order valence-corrected chi connectivity index (χ4v) is 5.09. The van der Waals surface area contributed by atoms with Gasteiger partial charge in [0.15, 0.2) is 11.5 Å². The number of hydrogen-bond acceptors (Lipinski definition) is 5. The molecule has 0 aromatic heterocycles.